The zero-order valence-electron chi connectivity index (χ0n) is 16.0. The van der Waals surface area contributed by atoms with Gasteiger partial charge in [0, 0.05) is 10.8 Å². The average molecular weight is 416 g/mol. The first-order valence-corrected chi connectivity index (χ1v) is 10.6. The number of hydrogen-bond donors (Lipinski definition) is 2. The minimum Gasteiger partial charge on any atom is -0.296 e. The summed E-state index contributed by atoms with van der Waals surface area (Å²) in [5.74, 6) is -0.241. The van der Waals surface area contributed by atoms with Crippen molar-refractivity contribution >= 4 is 44.8 Å². The van der Waals surface area contributed by atoms with E-state index in [1.165, 1.54) is 22.7 Å². The summed E-state index contributed by atoms with van der Waals surface area (Å²) in [4.78, 5) is 37.8. The highest BCUT2D eigenvalue weighted by Crippen LogP contribution is 2.23. The molecule has 28 heavy (non-hydrogen) atoms. The Bertz CT molecular complexity index is 918. The molecule has 7 nitrogen and oxygen atoms in total. The van der Waals surface area contributed by atoms with Crippen molar-refractivity contribution in [1.29, 1.82) is 0 Å². The molecule has 0 saturated carbocycles. The lowest BCUT2D eigenvalue weighted by atomic mass is 10.2. The number of aromatic nitrogens is 3. The third-order valence-corrected chi connectivity index (χ3v) is 5.43. The minimum atomic E-state index is -0.407. The van der Waals surface area contributed by atoms with Crippen molar-refractivity contribution in [3.05, 3.63) is 51.7 Å². The number of rotatable bonds is 6. The molecule has 0 aliphatic carbocycles. The SMILES string of the molecule is CC(C)c1csc(NC(=O)c2cccc(C(=O)Nc3nc(C(C)C)cs3)n2)n1. The van der Waals surface area contributed by atoms with Gasteiger partial charge in [-0.05, 0) is 24.0 Å². The molecule has 2 amide bonds. The van der Waals surface area contributed by atoms with Crippen molar-refractivity contribution in [3.8, 4) is 0 Å². The average Bonchev–Trinajstić information content (AvgIpc) is 3.31. The zero-order chi connectivity index (χ0) is 20.3. The van der Waals surface area contributed by atoms with Gasteiger partial charge in [-0.3, -0.25) is 20.2 Å². The first-order chi connectivity index (χ1) is 13.3. The quantitative estimate of drug-likeness (QED) is 0.606. The fourth-order valence-electron chi connectivity index (χ4n) is 2.23. The number of nitrogens with one attached hydrogen (secondary N) is 2. The van der Waals surface area contributed by atoms with Crippen LogP contribution in [0.1, 0.15) is 71.9 Å². The van der Waals surface area contributed by atoms with E-state index in [0.717, 1.165) is 11.4 Å². The highest BCUT2D eigenvalue weighted by atomic mass is 32.1. The fourth-order valence-corrected chi connectivity index (χ4v) is 3.96. The van der Waals surface area contributed by atoms with Crippen LogP contribution >= 0.6 is 22.7 Å². The number of hydrogen-bond acceptors (Lipinski definition) is 7. The van der Waals surface area contributed by atoms with Gasteiger partial charge in [0.15, 0.2) is 10.3 Å². The van der Waals surface area contributed by atoms with Crippen molar-refractivity contribution in [3.63, 3.8) is 0 Å². The van der Waals surface area contributed by atoms with Crippen LogP contribution in [0.25, 0.3) is 0 Å². The van der Waals surface area contributed by atoms with Crippen molar-refractivity contribution in [2.45, 2.75) is 39.5 Å². The smallest absolute Gasteiger partial charge is 0.276 e. The summed E-state index contributed by atoms with van der Waals surface area (Å²) in [6, 6.07) is 4.74. The number of carbonyl (C=O) groups excluding carboxylic acids is 2. The minimum absolute atomic E-state index is 0.149. The molecule has 0 aliphatic heterocycles. The molecule has 3 aromatic heterocycles. The third-order valence-electron chi connectivity index (χ3n) is 3.88. The first-order valence-electron chi connectivity index (χ1n) is 8.84. The molecular weight excluding hydrogens is 394 g/mol. The van der Waals surface area contributed by atoms with Crippen molar-refractivity contribution in [1.82, 2.24) is 15.0 Å². The Balaban J connectivity index is 1.69. The van der Waals surface area contributed by atoms with Crippen LogP contribution in [0.2, 0.25) is 0 Å². The first kappa shape index (κ1) is 20.1. The Morgan fingerprint density at radius 2 is 1.21 bits per heavy atom. The van der Waals surface area contributed by atoms with Gasteiger partial charge in [-0.15, -0.1) is 22.7 Å². The molecule has 2 N–H and O–H groups in total. The molecule has 3 heterocycles. The number of carbonyl (C=O) groups is 2. The highest BCUT2D eigenvalue weighted by molar-refractivity contribution is 7.14. The second kappa shape index (κ2) is 8.57. The number of amides is 2. The van der Waals surface area contributed by atoms with Gasteiger partial charge in [-0.25, -0.2) is 15.0 Å². The lowest BCUT2D eigenvalue weighted by molar-refractivity contribution is 0.101. The molecule has 0 bridgehead atoms. The molecule has 0 spiro atoms. The standard InChI is InChI=1S/C19H21N5O2S2/c1-10(2)14-8-27-18(21-14)23-16(25)12-6-5-7-13(20-12)17(26)24-19-22-15(9-28-19)11(3)4/h5-11H,1-4H3,(H,21,23,25)(H,22,24,26). The van der Waals surface area contributed by atoms with E-state index in [1.54, 1.807) is 18.2 Å². The van der Waals surface area contributed by atoms with Crippen LogP contribution in [0, 0.1) is 0 Å². The van der Waals surface area contributed by atoms with E-state index in [1.807, 2.05) is 38.5 Å². The summed E-state index contributed by atoms with van der Waals surface area (Å²) in [5, 5.41) is 10.3. The lowest BCUT2D eigenvalue weighted by Gasteiger charge is -2.05. The number of pyridine rings is 1. The maximum absolute atomic E-state index is 12.5. The van der Waals surface area contributed by atoms with Gasteiger partial charge >= 0.3 is 0 Å². The topological polar surface area (TPSA) is 96.9 Å². The Hall–Kier alpha value is -2.65. The summed E-state index contributed by atoms with van der Waals surface area (Å²) >= 11 is 2.72. The molecular formula is C19H21N5O2S2. The molecule has 0 unspecified atom stereocenters. The summed E-state index contributed by atoms with van der Waals surface area (Å²) in [7, 11) is 0. The zero-order valence-corrected chi connectivity index (χ0v) is 17.6. The van der Waals surface area contributed by atoms with Crippen LogP contribution in [0.4, 0.5) is 10.3 Å². The molecule has 0 atom stereocenters. The lowest BCUT2D eigenvalue weighted by Crippen LogP contribution is -2.18. The molecule has 0 aliphatic rings. The second-order valence-electron chi connectivity index (χ2n) is 6.78. The van der Waals surface area contributed by atoms with Gasteiger partial charge in [-0.2, -0.15) is 0 Å². The molecule has 0 radical (unpaired) electrons. The van der Waals surface area contributed by atoms with E-state index in [-0.39, 0.29) is 23.2 Å². The second-order valence-corrected chi connectivity index (χ2v) is 8.50. The summed E-state index contributed by atoms with van der Waals surface area (Å²) in [5.41, 5.74) is 2.14. The van der Waals surface area contributed by atoms with Crippen molar-refractivity contribution < 1.29 is 9.59 Å². The number of nitrogens with zero attached hydrogens (tertiary/aromatic N) is 3. The van der Waals surface area contributed by atoms with E-state index < -0.39 is 11.8 Å². The summed E-state index contributed by atoms with van der Waals surface area (Å²) in [6.07, 6.45) is 0. The Labute approximate surface area is 171 Å². The Morgan fingerprint density at radius 1 is 0.786 bits per heavy atom. The van der Waals surface area contributed by atoms with E-state index in [2.05, 4.69) is 25.6 Å². The Kier molecular flexibility index (Phi) is 6.15. The predicted octanol–water partition coefficient (Wildman–Crippen LogP) is 4.75. The molecule has 3 rings (SSSR count). The van der Waals surface area contributed by atoms with E-state index in [4.69, 9.17) is 0 Å². The van der Waals surface area contributed by atoms with Crippen LogP contribution < -0.4 is 10.6 Å². The molecule has 0 saturated heterocycles. The normalized spacial score (nSPS) is 11.1. The Morgan fingerprint density at radius 3 is 1.57 bits per heavy atom. The molecule has 146 valence electrons. The van der Waals surface area contributed by atoms with Gasteiger partial charge in [-0.1, -0.05) is 33.8 Å². The summed E-state index contributed by atoms with van der Waals surface area (Å²) in [6.45, 7) is 8.15. The van der Waals surface area contributed by atoms with Crippen LogP contribution in [0.5, 0.6) is 0 Å². The molecule has 9 heteroatoms. The van der Waals surface area contributed by atoms with Crippen molar-refractivity contribution in [2.75, 3.05) is 10.6 Å². The van der Waals surface area contributed by atoms with Gasteiger partial charge in [0.1, 0.15) is 11.4 Å². The van der Waals surface area contributed by atoms with E-state index in [0.29, 0.717) is 10.3 Å². The number of thiazole rings is 2. The van der Waals surface area contributed by atoms with E-state index >= 15 is 0 Å². The van der Waals surface area contributed by atoms with Gasteiger partial charge in [0.25, 0.3) is 11.8 Å². The van der Waals surface area contributed by atoms with Crippen molar-refractivity contribution in [2.24, 2.45) is 0 Å². The summed E-state index contributed by atoms with van der Waals surface area (Å²) < 4.78 is 0. The largest absolute Gasteiger partial charge is 0.296 e. The molecule has 3 aromatic rings. The molecule has 0 aromatic carbocycles. The van der Waals surface area contributed by atoms with Gasteiger partial charge in [0.05, 0.1) is 11.4 Å². The third kappa shape index (κ3) is 4.79. The predicted molar refractivity (Wildman–Crippen MR) is 113 cm³/mol. The maximum atomic E-state index is 12.5. The fraction of sp³-hybridized carbons (Fsp3) is 0.316. The van der Waals surface area contributed by atoms with Crippen LogP contribution in [0.3, 0.4) is 0 Å². The monoisotopic (exact) mass is 415 g/mol. The molecule has 0 fully saturated rings. The van der Waals surface area contributed by atoms with Gasteiger partial charge in [0.2, 0.25) is 0 Å². The highest BCUT2D eigenvalue weighted by Gasteiger charge is 2.16. The maximum Gasteiger partial charge on any atom is 0.276 e. The van der Waals surface area contributed by atoms with Gasteiger partial charge < -0.3 is 0 Å². The van der Waals surface area contributed by atoms with Crippen LogP contribution in [-0.4, -0.2) is 26.8 Å². The van der Waals surface area contributed by atoms with Crippen LogP contribution in [-0.2, 0) is 0 Å². The van der Waals surface area contributed by atoms with Crippen LogP contribution in [0.15, 0.2) is 29.0 Å². The number of anilines is 2. The van der Waals surface area contributed by atoms with E-state index in [9.17, 15) is 9.59 Å².